The molecule has 96 valence electrons. The lowest BCUT2D eigenvalue weighted by molar-refractivity contribution is 0.0891. The first-order valence-electron chi connectivity index (χ1n) is 5.85. The lowest BCUT2D eigenvalue weighted by atomic mass is 9.95. The number of phenols is 1. The second-order valence-corrected chi connectivity index (χ2v) is 4.44. The molecule has 1 atom stereocenters. The third-order valence-corrected chi connectivity index (χ3v) is 3.09. The maximum absolute atomic E-state index is 12.0. The number of hydrogen-bond acceptors (Lipinski definition) is 4. The van der Waals surface area contributed by atoms with Gasteiger partial charge in [0.1, 0.15) is 17.6 Å². The fraction of sp³-hybridized carbons (Fsp3) is 0.357. The molecular formula is C14H16O4. The van der Waals surface area contributed by atoms with E-state index in [4.69, 9.17) is 9.84 Å². The normalized spacial score (nSPS) is 18.8. The summed E-state index contributed by atoms with van der Waals surface area (Å²) in [6.45, 7) is 3.40. The minimum atomic E-state index is -0.377. The summed E-state index contributed by atoms with van der Waals surface area (Å²) in [5.41, 5.74) is 1.78. The second kappa shape index (κ2) is 4.82. The fourth-order valence-corrected chi connectivity index (χ4v) is 2.12. The minimum Gasteiger partial charge on any atom is -0.507 e. The van der Waals surface area contributed by atoms with Crippen LogP contribution in [0.25, 0.3) is 0 Å². The maximum Gasteiger partial charge on any atom is 0.170 e. The molecule has 0 fully saturated rings. The van der Waals surface area contributed by atoms with E-state index < -0.39 is 0 Å². The number of aliphatic hydroxyl groups excluding tert-OH is 1. The van der Waals surface area contributed by atoms with Gasteiger partial charge in [-0.1, -0.05) is 6.08 Å². The molecular weight excluding hydrogens is 232 g/mol. The van der Waals surface area contributed by atoms with Gasteiger partial charge in [-0.15, -0.1) is 0 Å². The van der Waals surface area contributed by atoms with E-state index in [-0.39, 0.29) is 30.7 Å². The van der Waals surface area contributed by atoms with E-state index in [0.717, 1.165) is 0 Å². The van der Waals surface area contributed by atoms with Crippen molar-refractivity contribution in [3.05, 3.63) is 34.9 Å². The number of hydrogen-bond donors (Lipinski definition) is 2. The number of ether oxygens (including phenoxy) is 1. The average molecular weight is 248 g/mol. The van der Waals surface area contributed by atoms with Crippen molar-refractivity contribution in [2.24, 2.45) is 0 Å². The Bertz CT molecular complexity index is 517. The molecule has 1 aromatic carbocycles. The standard InChI is InChI=1S/C14H16O4/c1-8-6-11-12(16)7-10(4-3-5-15)18-14(11)9(2)13(8)17/h3-4,6,10,15,17H,5,7H2,1-2H3. The SMILES string of the molecule is Cc1cc2c(c(C)c1O)OC(C=CCO)CC2=O. The number of fused-ring (bicyclic) bond motifs is 1. The molecule has 0 spiro atoms. The van der Waals surface area contributed by atoms with Gasteiger partial charge < -0.3 is 14.9 Å². The van der Waals surface area contributed by atoms with Gasteiger partial charge in [0, 0.05) is 5.56 Å². The van der Waals surface area contributed by atoms with Crippen LogP contribution >= 0.6 is 0 Å². The van der Waals surface area contributed by atoms with Crippen LogP contribution in [-0.2, 0) is 0 Å². The number of aliphatic hydroxyl groups is 1. The van der Waals surface area contributed by atoms with Crippen molar-refractivity contribution in [3.8, 4) is 11.5 Å². The first-order valence-corrected chi connectivity index (χ1v) is 5.85. The van der Waals surface area contributed by atoms with Gasteiger partial charge in [-0.05, 0) is 31.6 Å². The Morgan fingerprint density at radius 2 is 2.22 bits per heavy atom. The summed E-state index contributed by atoms with van der Waals surface area (Å²) in [5, 5.41) is 18.6. The molecule has 1 unspecified atom stereocenters. The van der Waals surface area contributed by atoms with Gasteiger partial charge in [0.2, 0.25) is 0 Å². The van der Waals surface area contributed by atoms with Gasteiger partial charge in [0.05, 0.1) is 18.6 Å². The molecule has 1 aliphatic heterocycles. The van der Waals surface area contributed by atoms with E-state index in [1.165, 1.54) is 0 Å². The van der Waals surface area contributed by atoms with Crippen molar-refractivity contribution in [1.29, 1.82) is 0 Å². The summed E-state index contributed by atoms with van der Waals surface area (Å²) in [7, 11) is 0. The topological polar surface area (TPSA) is 66.8 Å². The Labute approximate surface area is 106 Å². The highest BCUT2D eigenvalue weighted by Gasteiger charge is 2.28. The van der Waals surface area contributed by atoms with Crippen molar-refractivity contribution >= 4 is 5.78 Å². The average Bonchev–Trinajstić information content (AvgIpc) is 2.35. The Hall–Kier alpha value is -1.81. The highest BCUT2D eigenvalue weighted by atomic mass is 16.5. The zero-order valence-electron chi connectivity index (χ0n) is 10.4. The van der Waals surface area contributed by atoms with Gasteiger partial charge in [0.25, 0.3) is 0 Å². The van der Waals surface area contributed by atoms with Gasteiger partial charge in [-0.2, -0.15) is 0 Å². The number of carbonyl (C=O) groups is 1. The van der Waals surface area contributed by atoms with Crippen molar-refractivity contribution in [3.63, 3.8) is 0 Å². The van der Waals surface area contributed by atoms with E-state index in [0.29, 0.717) is 22.4 Å². The van der Waals surface area contributed by atoms with Crippen molar-refractivity contribution < 1.29 is 19.7 Å². The number of aryl methyl sites for hydroxylation is 1. The number of ketones is 1. The van der Waals surface area contributed by atoms with Crippen LogP contribution < -0.4 is 4.74 Å². The summed E-state index contributed by atoms with van der Waals surface area (Å²) >= 11 is 0. The van der Waals surface area contributed by atoms with E-state index in [9.17, 15) is 9.90 Å². The van der Waals surface area contributed by atoms with Crippen LogP contribution in [0.3, 0.4) is 0 Å². The molecule has 0 amide bonds. The molecule has 0 saturated carbocycles. The quantitative estimate of drug-likeness (QED) is 0.784. The number of Topliss-reactive ketones (excluding diaryl/α,β-unsaturated/α-hetero) is 1. The highest BCUT2D eigenvalue weighted by molar-refractivity contribution is 6.01. The molecule has 0 aromatic heterocycles. The Kier molecular flexibility index (Phi) is 3.39. The summed E-state index contributed by atoms with van der Waals surface area (Å²) < 4.78 is 5.69. The molecule has 0 saturated heterocycles. The van der Waals surface area contributed by atoms with Crippen LogP contribution in [0.15, 0.2) is 18.2 Å². The monoisotopic (exact) mass is 248 g/mol. The number of carbonyl (C=O) groups excluding carboxylic acids is 1. The zero-order valence-corrected chi connectivity index (χ0v) is 10.4. The van der Waals surface area contributed by atoms with Crippen LogP contribution in [0.4, 0.5) is 0 Å². The number of aromatic hydroxyl groups is 1. The van der Waals surface area contributed by atoms with E-state index in [1.54, 1.807) is 32.1 Å². The van der Waals surface area contributed by atoms with Gasteiger partial charge >= 0.3 is 0 Å². The number of phenolic OH excluding ortho intramolecular Hbond substituents is 1. The first-order chi connectivity index (χ1) is 8.54. The van der Waals surface area contributed by atoms with Gasteiger partial charge in [0.15, 0.2) is 5.78 Å². The van der Waals surface area contributed by atoms with E-state index in [2.05, 4.69) is 0 Å². The van der Waals surface area contributed by atoms with Gasteiger partial charge in [-0.3, -0.25) is 4.79 Å². The van der Waals surface area contributed by atoms with Crippen molar-refractivity contribution in [2.45, 2.75) is 26.4 Å². The van der Waals surface area contributed by atoms with Crippen molar-refractivity contribution in [1.82, 2.24) is 0 Å². The summed E-state index contributed by atoms with van der Waals surface area (Å²) in [5.74, 6) is 0.602. The molecule has 1 heterocycles. The molecule has 0 bridgehead atoms. The Morgan fingerprint density at radius 1 is 1.50 bits per heavy atom. The molecule has 1 aromatic rings. The molecule has 18 heavy (non-hydrogen) atoms. The van der Waals surface area contributed by atoms with Crippen LogP contribution in [0.2, 0.25) is 0 Å². The summed E-state index contributed by atoms with van der Waals surface area (Å²) in [6, 6.07) is 1.66. The predicted molar refractivity (Wildman–Crippen MR) is 67.2 cm³/mol. The third-order valence-electron chi connectivity index (χ3n) is 3.09. The summed E-state index contributed by atoms with van der Waals surface area (Å²) in [4.78, 5) is 12.0. The molecule has 1 aliphatic rings. The summed E-state index contributed by atoms with van der Waals surface area (Å²) in [6.07, 6.45) is 3.09. The Balaban J connectivity index is 2.44. The fourth-order valence-electron chi connectivity index (χ4n) is 2.12. The molecule has 2 rings (SSSR count). The molecule has 4 nitrogen and oxygen atoms in total. The predicted octanol–water partition coefficient (Wildman–Crippen LogP) is 1.89. The Morgan fingerprint density at radius 3 is 2.89 bits per heavy atom. The van der Waals surface area contributed by atoms with E-state index in [1.807, 2.05) is 0 Å². The molecule has 0 radical (unpaired) electrons. The number of benzene rings is 1. The van der Waals surface area contributed by atoms with Crippen LogP contribution in [0.5, 0.6) is 11.5 Å². The second-order valence-electron chi connectivity index (χ2n) is 4.44. The minimum absolute atomic E-state index is 0.00459. The van der Waals surface area contributed by atoms with Crippen LogP contribution in [0.1, 0.15) is 27.9 Å². The molecule has 2 N–H and O–H groups in total. The van der Waals surface area contributed by atoms with Gasteiger partial charge in [-0.25, -0.2) is 0 Å². The smallest absolute Gasteiger partial charge is 0.170 e. The lowest BCUT2D eigenvalue weighted by Crippen LogP contribution is -2.26. The third kappa shape index (κ3) is 2.11. The van der Waals surface area contributed by atoms with Crippen LogP contribution in [0, 0.1) is 13.8 Å². The molecule has 0 aliphatic carbocycles. The maximum atomic E-state index is 12.0. The first kappa shape index (κ1) is 12.6. The highest BCUT2D eigenvalue weighted by Crippen LogP contribution is 2.38. The number of rotatable bonds is 2. The van der Waals surface area contributed by atoms with Crippen molar-refractivity contribution in [2.75, 3.05) is 6.61 Å². The lowest BCUT2D eigenvalue weighted by Gasteiger charge is -2.25. The largest absolute Gasteiger partial charge is 0.507 e. The van der Waals surface area contributed by atoms with E-state index >= 15 is 0 Å². The van der Waals surface area contributed by atoms with Crippen LogP contribution in [-0.4, -0.2) is 28.7 Å². The zero-order chi connectivity index (χ0) is 13.3. The molecule has 4 heteroatoms.